The molecule has 0 radical (unpaired) electrons. The van der Waals surface area contributed by atoms with Crippen molar-refractivity contribution in [1.82, 2.24) is 9.88 Å². The molecule has 2 rings (SSSR count). The Hall–Kier alpha value is -1.35. The average molecular weight is 246 g/mol. The quantitative estimate of drug-likeness (QED) is 0.817. The summed E-state index contributed by atoms with van der Waals surface area (Å²) in [5.74, 6) is 1.51. The van der Waals surface area contributed by atoms with Crippen LogP contribution in [0.2, 0.25) is 0 Å². The SMILES string of the molecule is CC(C)Oc1cncc(/C=C/[C@H]2CCN(C)C2)c1. The third-order valence-electron chi connectivity index (χ3n) is 3.09. The second kappa shape index (κ2) is 6.01. The van der Waals surface area contributed by atoms with E-state index in [-0.39, 0.29) is 6.10 Å². The minimum atomic E-state index is 0.189. The molecule has 0 saturated carbocycles. The molecule has 1 aromatic heterocycles. The van der Waals surface area contributed by atoms with Crippen LogP contribution in [-0.2, 0) is 0 Å². The zero-order valence-corrected chi connectivity index (χ0v) is 11.5. The number of hydrogen-bond donors (Lipinski definition) is 0. The van der Waals surface area contributed by atoms with Crippen LogP contribution < -0.4 is 4.74 Å². The number of aromatic nitrogens is 1. The molecule has 2 heterocycles. The summed E-state index contributed by atoms with van der Waals surface area (Å²) in [5.41, 5.74) is 1.11. The lowest BCUT2D eigenvalue weighted by Crippen LogP contribution is -2.13. The number of nitrogens with zero attached hydrogens (tertiary/aromatic N) is 2. The van der Waals surface area contributed by atoms with Crippen LogP contribution in [0.3, 0.4) is 0 Å². The van der Waals surface area contributed by atoms with E-state index in [4.69, 9.17) is 4.74 Å². The van der Waals surface area contributed by atoms with Crippen molar-refractivity contribution in [2.75, 3.05) is 20.1 Å². The van der Waals surface area contributed by atoms with Gasteiger partial charge < -0.3 is 9.64 Å². The van der Waals surface area contributed by atoms with Gasteiger partial charge in [0.2, 0.25) is 0 Å². The Bertz CT molecular complexity index is 415. The lowest BCUT2D eigenvalue weighted by atomic mass is 10.1. The van der Waals surface area contributed by atoms with Crippen LogP contribution in [0, 0.1) is 5.92 Å². The van der Waals surface area contributed by atoms with Gasteiger partial charge in [-0.05, 0) is 51.4 Å². The summed E-state index contributed by atoms with van der Waals surface area (Å²) in [7, 11) is 2.17. The van der Waals surface area contributed by atoms with Gasteiger partial charge in [-0.15, -0.1) is 0 Å². The molecule has 1 aliphatic rings. The Balaban J connectivity index is 1.98. The van der Waals surface area contributed by atoms with Crippen LogP contribution in [0.1, 0.15) is 25.8 Å². The Morgan fingerprint density at radius 2 is 2.28 bits per heavy atom. The predicted octanol–water partition coefficient (Wildman–Crippen LogP) is 2.83. The van der Waals surface area contributed by atoms with E-state index in [0.717, 1.165) is 17.9 Å². The van der Waals surface area contributed by atoms with E-state index in [1.807, 2.05) is 26.1 Å². The Morgan fingerprint density at radius 3 is 2.94 bits per heavy atom. The Labute approximate surface area is 109 Å². The fourth-order valence-corrected chi connectivity index (χ4v) is 2.24. The molecular weight excluding hydrogens is 224 g/mol. The lowest BCUT2D eigenvalue weighted by Gasteiger charge is -2.09. The van der Waals surface area contributed by atoms with Crippen molar-refractivity contribution in [1.29, 1.82) is 0 Å². The molecule has 18 heavy (non-hydrogen) atoms. The van der Waals surface area contributed by atoms with E-state index in [1.54, 1.807) is 6.20 Å². The molecule has 3 nitrogen and oxygen atoms in total. The van der Waals surface area contributed by atoms with Gasteiger partial charge >= 0.3 is 0 Å². The van der Waals surface area contributed by atoms with Crippen LogP contribution in [0.4, 0.5) is 0 Å². The van der Waals surface area contributed by atoms with E-state index < -0.39 is 0 Å². The summed E-state index contributed by atoms with van der Waals surface area (Å²) in [5, 5.41) is 0. The van der Waals surface area contributed by atoms with Gasteiger partial charge in [-0.2, -0.15) is 0 Å². The summed E-state index contributed by atoms with van der Waals surface area (Å²) in [4.78, 5) is 6.58. The van der Waals surface area contributed by atoms with Crippen molar-refractivity contribution < 1.29 is 4.74 Å². The van der Waals surface area contributed by atoms with Gasteiger partial charge in [0.15, 0.2) is 0 Å². The summed E-state index contributed by atoms with van der Waals surface area (Å²) in [6.45, 7) is 6.41. The molecular formula is C15H22N2O. The smallest absolute Gasteiger partial charge is 0.138 e. The van der Waals surface area contributed by atoms with Gasteiger partial charge in [-0.25, -0.2) is 0 Å². The monoisotopic (exact) mass is 246 g/mol. The van der Waals surface area contributed by atoms with Gasteiger partial charge in [0, 0.05) is 12.7 Å². The fraction of sp³-hybridized carbons (Fsp3) is 0.533. The molecule has 0 bridgehead atoms. The second-order valence-electron chi connectivity index (χ2n) is 5.29. The molecule has 0 N–H and O–H groups in total. The topological polar surface area (TPSA) is 25.4 Å². The first-order valence-electron chi connectivity index (χ1n) is 6.62. The maximum atomic E-state index is 5.64. The molecule has 1 atom stereocenters. The first kappa shape index (κ1) is 13.1. The largest absolute Gasteiger partial charge is 0.489 e. The van der Waals surface area contributed by atoms with Crippen LogP contribution in [0.15, 0.2) is 24.5 Å². The van der Waals surface area contributed by atoms with Gasteiger partial charge in [0.05, 0.1) is 12.3 Å². The standard InChI is InChI=1S/C15H22N2O/c1-12(2)18-15-8-14(9-16-10-15)5-4-13-6-7-17(3)11-13/h4-5,8-10,12-13H,6-7,11H2,1-3H3/b5-4+/t13-/m0/s1. The van der Waals surface area contributed by atoms with Gasteiger partial charge in [0.25, 0.3) is 0 Å². The minimum Gasteiger partial charge on any atom is -0.489 e. The zero-order valence-electron chi connectivity index (χ0n) is 11.5. The number of likely N-dealkylation sites (tertiary alicyclic amines) is 1. The molecule has 0 amide bonds. The molecule has 0 unspecified atom stereocenters. The van der Waals surface area contributed by atoms with Crippen LogP contribution in [-0.4, -0.2) is 36.1 Å². The van der Waals surface area contributed by atoms with Crippen molar-refractivity contribution >= 4 is 6.08 Å². The van der Waals surface area contributed by atoms with Gasteiger partial charge in [0.1, 0.15) is 5.75 Å². The molecule has 0 aliphatic carbocycles. The molecule has 3 heteroatoms. The number of pyridine rings is 1. The van der Waals surface area contributed by atoms with Crippen LogP contribution >= 0.6 is 0 Å². The average Bonchev–Trinajstić information content (AvgIpc) is 2.72. The van der Waals surface area contributed by atoms with Crippen molar-refractivity contribution in [2.45, 2.75) is 26.4 Å². The van der Waals surface area contributed by atoms with Crippen LogP contribution in [0.5, 0.6) is 5.75 Å². The van der Waals surface area contributed by atoms with Crippen LogP contribution in [0.25, 0.3) is 6.08 Å². The van der Waals surface area contributed by atoms with E-state index in [1.165, 1.54) is 13.0 Å². The first-order chi connectivity index (χ1) is 8.63. The summed E-state index contributed by atoms with van der Waals surface area (Å²) in [6.07, 6.45) is 9.53. The van der Waals surface area contributed by atoms with E-state index in [2.05, 4.69) is 29.1 Å². The highest BCUT2D eigenvalue weighted by Crippen LogP contribution is 2.18. The zero-order chi connectivity index (χ0) is 13.0. The summed E-state index contributed by atoms with van der Waals surface area (Å²) < 4.78 is 5.64. The third kappa shape index (κ3) is 3.84. The van der Waals surface area contributed by atoms with Gasteiger partial charge in [-0.3, -0.25) is 4.98 Å². The normalized spacial score (nSPS) is 21.0. The first-order valence-corrected chi connectivity index (χ1v) is 6.62. The molecule has 0 aromatic carbocycles. The maximum absolute atomic E-state index is 5.64. The predicted molar refractivity (Wildman–Crippen MR) is 74.6 cm³/mol. The second-order valence-corrected chi connectivity index (χ2v) is 5.29. The van der Waals surface area contributed by atoms with Crippen molar-refractivity contribution in [3.05, 3.63) is 30.1 Å². The van der Waals surface area contributed by atoms with E-state index in [9.17, 15) is 0 Å². The number of hydrogen-bond acceptors (Lipinski definition) is 3. The maximum Gasteiger partial charge on any atom is 0.138 e. The molecule has 1 aliphatic heterocycles. The lowest BCUT2D eigenvalue weighted by molar-refractivity contribution is 0.241. The summed E-state index contributed by atoms with van der Waals surface area (Å²) in [6, 6.07) is 2.04. The number of rotatable bonds is 4. The Kier molecular flexibility index (Phi) is 4.37. The highest BCUT2D eigenvalue weighted by molar-refractivity contribution is 5.50. The minimum absolute atomic E-state index is 0.189. The molecule has 1 aromatic rings. The number of ether oxygens (including phenoxy) is 1. The third-order valence-corrected chi connectivity index (χ3v) is 3.09. The molecule has 98 valence electrons. The van der Waals surface area contributed by atoms with Crippen molar-refractivity contribution in [2.24, 2.45) is 5.92 Å². The molecule has 1 fully saturated rings. The highest BCUT2D eigenvalue weighted by atomic mass is 16.5. The molecule has 1 saturated heterocycles. The van der Waals surface area contributed by atoms with Crippen molar-refractivity contribution in [3.8, 4) is 5.75 Å². The molecule has 0 spiro atoms. The fourth-order valence-electron chi connectivity index (χ4n) is 2.24. The Morgan fingerprint density at radius 1 is 1.44 bits per heavy atom. The van der Waals surface area contributed by atoms with E-state index >= 15 is 0 Å². The van der Waals surface area contributed by atoms with Gasteiger partial charge in [-0.1, -0.05) is 12.2 Å². The van der Waals surface area contributed by atoms with Crippen molar-refractivity contribution in [3.63, 3.8) is 0 Å². The van der Waals surface area contributed by atoms with E-state index in [0.29, 0.717) is 5.92 Å². The summed E-state index contributed by atoms with van der Waals surface area (Å²) >= 11 is 0. The highest BCUT2D eigenvalue weighted by Gasteiger charge is 2.16.